The van der Waals surface area contributed by atoms with Gasteiger partial charge in [0.25, 0.3) is 15.9 Å². The van der Waals surface area contributed by atoms with Crippen molar-refractivity contribution in [3.63, 3.8) is 0 Å². The van der Waals surface area contributed by atoms with Gasteiger partial charge in [0.2, 0.25) is 0 Å². The predicted molar refractivity (Wildman–Crippen MR) is 137 cm³/mol. The number of ether oxygens (including phenoxy) is 2. The number of hydrogen-bond donors (Lipinski definition) is 3. The lowest BCUT2D eigenvalue weighted by atomic mass is 9.86. The number of rotatable bonds is 9. The molecule has 186 valence electrons. The topological polar surface area (TPSA) is 106 Å². The Balaban J connectivity index is 2.20. The van der Waals surface area contributed by atoms with Crippen LogP contribution in [0.5, 0.6) is 11.5 Å². The van der Waals surface area contributed by atoms with Gasteiger partial charge in [0, 0.05) is 13.6 Å². The van der Waals surface area contributed by atoms with Crippen molar-refractivity contribution in [1.82, 2.24) is 15.4 Å². The molecule has 0 unspecified atom stereocenters. The molecule has 3 N–H and O–H groups in total. The number of amides is 1. The van der Waals surface area contributed by atoms with Crippen molar-refractivity contribution in [2.75, 3.05) is 27.3 Å². The van der Waals surface area contributed by atoms with Gasteiger partial charge < -0.3 is 20.1 Å². The lowest BCUT2D eigenvalue weighted by Crippen LogP contribution is -2.37. The fourth-order valence-corrected chi connectivity index (χ4v) is 4.67. The van der Waals surface area contributed by atoms with E-state index in [1.54, 1.807) is 25.1 Å². The van der Waals surface area contributed by atoms with E-state index in [2.05, 4.69) is 36.1 Å². The lowest BCUT2D eigenvalue weighted by Gasteiger charge is -2.21. The highest BCUT2D eigenvalue weighted by Gasteiger charge is 2.22. The third-order valence-electron chi connectivity index (χ3n) is 5.06. The smallest absolute Gasteiger partial charge is 0.267 e. The van der Waals surface area contributed by atoms with Crippen LogP contribution in [0, 0.1) is 0 Å². The van der Waals surface area contributed by atoms with Crippen LogP contribution in [-0.2, 0) is 21.9 Å². The Morgan fingerprint density at radius 1 is 1.09 bits per heavy atom. The third kappa shape index (κ3) is 7.07. The van der Waals surface area contributed by atoms with Gasteiger partial charge in [-0.3, -0.25) is 9.52 Å². The highest BCUT2D eigenvalue weighted by molar-refractivity contribution is 7.92. The number of hydrogen-bond acceptors (Lipinski definition) is 6. The minimum atomic E-state index is -3.94. The second kappa shape index (κ2) is 11.5. The summed E-state index contributed by atoms with van der Waals surface area (Å²) in [5, 5.41) is 5.46. The van der Waals surface area contributed by atoms with Crippen molar-refractivity contribution in [1.29, 1.82) is 0 Å². The number of sulfonamides is 1. The molecular weight excluding hydrogens is 474 g/mol. The van der Waals surface area contributed by atoms with Crippen molar-refractivity contribution >= 4 is 33.3 Å². The van der Waals surface area contributed by atoms with E-state index in [0.29, 0.717) is 30.9 Å². The van der Waals surface area contributed by atoms with Crippen LogP contribution < -0.4 is 24.8 Å². The van der Waals surface area contributed by atoms with Crippen LogP contribution in [0.2, 0.25) is 0 Å². The summed E-state index contributed by atoms with van der Waals surface area (Å²) in [6.07, 6.45) is 0.415. The van der Waals surface area contributed by atoms with Crippen molar-refractivity contribution in [2.24, 2.45) is 0 Å². The van der Waals surface area contributed by atoms with Crippen molar-refractivity contribution in [3.05, 3.63) is 53.1 Å². The zero-order valence-electron chi connectivity index (χ0n) is 20.4. The van der Waals surface area contributed by atoms with Crippen LogP contribution in [0.3, 0.4) is 0 Å². The molecular formula is C24H33N3O5S2. The maximum atomic E-state index is 12.9. The molecule has 0 aliphatic carbocycles. The Bertz CT molecular complexity index is 1140. The fourth-order valence-electron chi connectivity index (χ4n) is 3.19. The van der Waals surface area contributed by atoms with Crippen molar-refractivity contribution in [2.45, 2.75) is 44.4 Å². The largest absolute Gasteiger partial charge is 0.496 e. The zero-order chi connectivity index (χ0) is 25.5. The summed E-state index contributed by atoms with van der Waals surface area (Å²) < 4.78 is 38.8. The molecule has 0 bridgehead atoms. The van der Waals surface area contributed by atoms with E-state index in [4.69, 9.17) is 21.7 Å². The van der Waals surface area contributed by atoms with Gasteiger partial charge >= 0.3 is 0 Å². The molecule has 0 aliphatic rings. The Kier molecular flexibility index (Phi) is 9.29. The zero-order valence-corrected chi connectivity index (χ0v) is 22.1. The Morgan fingerprint density at radius 2 is 1.76 bits per heavy atom. The van der Waals surface area contributed by atoms with E-state index in [1.807, 2.05) is 12.1 Å². The maximum absolute atomic E-state index is 12.9. The van der Waals surface area contributed by atoms with Gasteiger partial charge in [-0.2, -0.15) is 0 Å². The first-order valence-corrected chi connectivity index (χ1v) is 12.8. The Morgan fingerprint density at radius 3 is 2.35 bits per heavy atom. The van der Waals surface area contributed by atoms with Crippen LogP contribution in [0.1, 0.15) is 49.2 Å². The molecule has 0 spiro atoms. The molecule has 0 saturated heterocycles. The summed E-state index contributed by atoms with van der Waals surface area (Å²) in [6.45, 7) is 8.61. The second-order valence-electron chi connectivity index (χ2n) is 8.57. The SMILES string of the molecule is CCOc1ccc(CCNC(=O)c2cc(C(C)(C)C)ccc2OC)cc1S(=O)(=O)NC(=S)NC. The average molecular weight is 508 g/mol. The fraction of sp³-hybridized carbons (Fsp3) is 0.417. The molecule has 2 rings (SSSR count). The van der Waals surface area contributed by atoms with E-state index in [-0.39, 0.29) is 27.1 Å². The summed E-state index contributed by atoms with van der Waals surface area (Å²) in [5.74, 6) is 0.458. The maximum Gasteiger partial charge on any atom is 0.267 e. The number of carbonyl (C=O) groups is 1. The Hall–Kier alpha value is -2.85. The number of nitrogens with one attached hydrogen (secondary N) is 3. The van der Waals surface area contributed by atoms with Gasteiger partial charge in [-0.25, -0.2) is 8.42 Å². The van der Waals surface area contributed by atoms with E-state index < -0.39 is 10.0 Å². The number of carbonyl (C=O) groups excluding carboxylic acids is 1. The summed E-state index contributed by atoms with van der Waals surface area (Å²) in [4.78, 5) is 12.9. The molecule has 0 saturated carbocycles. The molecule has 0 fully saturated rings. The molecule has 0 aromatic heterocycles. The van der Waals surface area contributed by atoms with E-state index in [9.17, 15) is 13.2 Å². The molecule has 0 radical (unpaired) electrons. The molecule has 34 heavy (non-hydrogen) atoms. The standard InChI is InChI=1S/C24H33N3O5S2/c1-7-32-20-10-8-16(14-21(20)34(29,30)27-23(33)25-5)12-13-26-22(28)18-15-17(24(2,3)4)9-11-19(18)31-6/h8-11,14-15H,7,12-13H2,1-6H3,(H,26,28)(H2,25,27,33). The van der Waals surface area contributed by atoms with E-state index in [1.165, 1.54) is 20.2 Å². The number of thiocarbonyl (C=S) groups is 1. The van der Waals surface area contributed by atoms with Gasteiger partial charge in [0.15, 0.2) is 5.11 Å². The minimum Gasteiger partial charge on any atom is -0.496 e. The quantitative estimate of drug-likeness (QED) is 0.448. The van der Waals surface area contributed by atoms with Crippen LogP contribution >= 0.6 is 12.2 Å². The predicted octanol–water partition coefficient (Wildman–Crippen LogP) is 3.15. The molecule has 0 aliphatic heterocycles. The Labute approximate surface area is 207 Å². The molecule has 0 heterocycles. The van der Waals surface area contributed by atoms with Gasteiger partial charge in [-0.05, 0) is 66.4 Å². The van der Waals surface area contributed by atoms with Gasteiger partial charge in [0.05, 0.1) is 19.3 Å². The second-order valence-corrected chi connectivity index (χ2v) is 10.6. The molecule has 2 aromatic rings. The van der Waals surface area contributed by atoms with Crippen molar-refractivity contribution < 1.29 is 22.7 Å². The highest BCUT2D eigenvalue weighted by atomic mass is 32.2. The summed E-state index contributed by atoms with van der Waals surface area (Å²) in [7, 11) is -0.888. The minimum absolute atomic E-state index is 0.0182. The van der Waals surface area contributed by atoms with Crippen LogP contribution in [0.4, 0.5) is 0 Å². The van der Waals surface area contributed by atoms with Crippen LogP contribution in [0.25, 0.3) is 0 Å². The van der Waals surface area contributed by atoms with Crippen LogP contribution in [0.15, 0.2) is 41.3 Å². The first-order chi connectivity index (χ1) is 15.9. The first kappa shape index (κ1) is 27.4. The molecule has 10 heteroatoms. The normalized spacial score (nSPS) is 11.5. The summed E-state index contributed by atoms with van der Waals surface area (Å²) in [6, 6.07) is 10.5. The van der Waals surface area contributed by atoms with E-state index in [0.717, 1.165) is 11.1 Å². The van der Waals surface area contributed by atoms with Gasteiger partial charge in [0.1, 0.15) is 16.4 Å². The number of benzene rings is 2. The van der Waals surface area contributed by atoms with Crippen molar-refractivity contribution in [3.8, 4) is 11.5 Å². The van der Waals surface area contributed by atoms with Gasteiger partial charge in [-0.15, -0.1) is 0 Å². The molecule has 1 amide bonds. The summed E-state index contributed by atoms with van der Waals surface area (Å²) >= 11 is 4.94. The number of methoxy groups -OCH3 is 1. The summed E-state index contributed by atoms with van der Waals surface area (Å²) in [5.41, 5.74) is 2.08. The molecule has 8 nitrogen and oxygen atoms in total. The highest BCUT2D eigenvalue weighted by Crippen LogP contribution is 2.28. The lowest BCUT2D eigenvalue weighted by molar-refractivity contribution is 0.0951. The first-order valence-electron chi connectivity index (χ1n) is 10.9. The van der Waals surface area contributed by atoms with Gasteiger partial charge in [-0.1, -0.05) is 32.9 Å². The van der Waals surface area contributed by atoms with Crippen LogP contribution in [-0.4, -0.2) is 46.7 Å². The third-order valence-corrected chi connectivity index (χ3v) is 6.87. The average Bonchev–Trinajstić information content (AvgIpc) is 2.78. The molecule has 2 aromatic carbocycles. The van der Waals surface area contributed by atoms with E-state index >= 15 is 0 Å². The monoisotopic (exact) mass is 507 g/mol. The molecule has 0 atom stereocenters.